The van der Waals surface area contributed by atoms with Crippen molar-refractivity contribution in [3.8, 4) is 0 Å². The molecule has 0 aromatic heterocycles. The molecule has 62 heavy (non-hydrogen) atoms. The van der Waals surface area contributed by atoms with E-state index < -0.39 is 86.8 Å². The monoisotopic (exact) mass is 892 g/mol. The lowest BCUT2D eigenvalue weighted by Crippen LogP contribution is -2.65. The van der Waals surface area contributed by atoms with Gasteiger partial charge in [-0.2, -0.15) is 0 Å². The lowest BCUT2D eigenvalue weighted by atomic mass is 9.97. The highest BCUT2D eigenvalue weighted by Gasteiger charge is 2.51. The number of unbranched alkanes of at least 4 members (excludes halogenated alkanes) is 26. The van der Waals surface area contributed by atoms with Crippen molar-refractivity contribution in [3.63, 3.8) is 0 Å². The van der Waals surface area contributed by atoms with Crippen LogP contribution in [-0.2, 0) is 23.7 Å². The fourth-order valence-electron chi connectivity index (χ4n) is 8.65. The van der Waals surface area contributed by atoms with E-state index in [-0.39, 0.29) is 12.5 Å². The van der Waals surface area contributed by atoms with Crippen LogP contribution in [0.25, 0.3) is 0 Å². The molecule has 0 aromatic rings. The van der Waals surface area contributed by atoms with Crippen molar-refractivity contribution >= 4 is 5.91 Å². The van der Waals surface area contributed by atoms with Gasteiger partial charge in [-0.05, 0) is 12.8 Å². The Kier molecular flexibility index (Phi) is 33.3. The summed E-state index contributed by atoms with van der Waals surface area (Å²) in [5, 5.41) is 86.3. The molecule has 2 saturated heterocycles. The van der Waals surface area contributed by atoms with Crippen LogP contribution >= 0.6 is 0 Å². The summed E-state index contributed by atoms with van der Waals surface area (Å²) in [5.74, 6) is -0.222. The second-order valence-corrected chi connectivity index (χ2v) is 18.3. The molecular formula is C48H93NO13. The first-order valence-electron chi connectivity index (χ1n) is 25.3. The van der Waals surface area contributed by atoms with E-state index in [1.165, 1.54) is 128 Å². The van der Waals surface area contributed by atoms with Crippen LogP contribution in [-0.4, -0.2) is 140 Å². The van der Waals surface area contributed by atoms with Crippen molar-refractivity contribution < 1.29 is 64.6 Å². The molecule has 2 fully saturated rings. The summed E-state index contributed by atoms with van der Waals surface area (Å²) in [4.78, 5) is 12.9. The first-order valence-corrected chi connectivity index (χ1v) is 25.3. The van der Waals surface area contributed by atoms with Crippen molar-refractivity contribution in [2.75, 3.05) is 19.8 Å². The van der Waals surface area contributed by atoms with Gasteiger partial charge >= 0.3 is 0 Å². The van der Waals surface area contributed by atoms with Crippen LogP contribution in [0.5, 0.6) is 0 Å². The van der Waals surface area contributed by atoms with Gasteiger partial charge in [0.1, 0.15) is 48.8 Å². The molecule has 0 aromatic carbocycles. The van der Waals surface area contributed by atoms with Gasteiger partial charge in [0, 0.05) is 6.42 Å². The minimum absolute atomic E-state index is 0.222. The second-order valence-electron chi connectivity index (χ2n) is 18.3. The van der Waals surface area contributed by atoms with Gasteiger partial charge in [-0.15, -0.1) is 0 Å². The maximum atomic E-state index is 12.9. The van der Waals surface area contributed by atoms with Crippen molar-refractivity contribution in [3.05, 3.63) is 0 Å². The number of rotatable bonds is 39. The minimum atomic E-state index is -1.78. The van der Waals surface area contributed by atoms with Gasteiger partial charge in [0.25, 0.3) is 0 Å². The zero-order chi connectivity index (χ0) is 45.4. The molecule has 0 bridgehead atoms. The van der Waals surface area contributed by atoms with Crippen molar-refractivity contribution in [1.82, 2.24) is 5.32 Å². The van der Waals surface area contributed by atoms with Crippen LogP contribution in [0.1, 0.15) is 206 Å². The van der Waals surface area contributed by atoms with Crippen molar-refractivity contribution in [2.45, 2.75) is 280 Å². The van der Waals surface area contributed by atoms with Crippen molar-refractivity contribution in [2.24, 2.45) is 0 Å². The number of hydrogen-bond acceptors (Lipinski definition) is 13. The number of carbonyl (C=O) groups excluding carboxylic acids is 1. The van der Waals surface area contributed by atoms with E-state index in [1.54, 1.807) is 0 Å². The Morgan fingerprint density at radius 3 is 1.37 bits per heavy atom. The molecule has 12 atom stereocenters. The topological polar surface area (TPSA) is 228 Å². The molecule has 0 spiro atoms. The third-order valence-electron chi connectivity index (χ3n) is 12.8. The summed E-state index contributed by atoms with van der Waals surface area (Å²) < 4.78 is 22.6. The second kappa shape index (κ2) is 36.2. The molecule has 2 heterocycles. The lowest BCUT2D eigenvalue weighted by Gasteiger charge is -2.46. The molecule has 14 nitrogen and oxygen atoms in total. The number of carbonyl (C=O) groups is 1. The van der Waals surface area contributed by atoms with Gasteiger partial charge in [0.2, 0.25) is 5.91 Å². The Bertz CT molecular complexity index is 1060. The zero-order valence-corrected chi connectivity index (χ0v) is 38.9. The molecule has 14 heteroatoms. The normalized spacial score (nSPS) is 27.6. The predicted octanol–water partition coefficient (Wildman–Crippen LogP) is 6.22. The van der Waals surface area contributed by atoms with Gasteiger partial charge < -0.3 is 65.1 Å². The van der Waals surface area contributed by atoms with Gasteiger partial charge in [-0.1, -0.05) is 187 Å². The van der Waals surface area contributed by atoms with E-state index in [2.05, 4.69) is 19.2 Å². The third kappa shape index (κ3) is 23.4. The maximum Gasteiger partial charge on any atom is 0.220 e. The average Bonchev–Trinajstić information content (AvgIpc) is 3.27. The summed E-state index contributed by atoms with van der Waals surface area (Å²) >= 11 is 0. The van der Waals surface area contributed by atoms with E-state index in [4.69, 9.17) is 18.9 Å². The molecular weight excluding hydrogens is 799 g/mol. The van der Waals surface area contributed by atoms with Crippen LogP contribution in [0, 0.1) is 0 Å². The smallest absolute Gasteiger partial charge is 0.220 e. The first kappa shape index (κ1) is 57.1. The molecule has 368 valence electrons. The molecule has 1 amide bonds. The van der Waals surface area contributed by atoms with E-state index >= 15 is 0 Å². The maximum absolute atomic E-state index is 12.9. The Hall–Kier alpha value is -1.01. The molecule has 0 radical (unpaired) electrons. The largest absolute Gasteiger partial charge is 0.394 e. The van der Waals surface area contributed by atoms with Crippen molar-refractivity contribution in [1.29, 1.82) is 0 Å². The third-order valence-corrected chi connectivity index (χ3v) is 12.8. The molecule has 2 aliphatic heterocycles. The van der Waals surface area contributed by atoms with Gasteiger partial charge in [0.15, 0.2) is 12.6 Å². The van der Waals surface area contributed by atoms with Gasteiger partial charge in [-0.3, -0.25) is 4.79 Å². The Morgan fingerprint density at radius 2 is 0.919 bits per heavy atom. The summed E-state index contributed by atoms with van der Waals surface area (Å²) in [7, 11) is 0. The standard InChI is InChI=1S/C48H93NO13/c1-3-5-7-9-10-11-12-13-14-15-16-17-18-19-20-21-22-23-24-25-26-27-28-29-31-37(52)36(49-40(53)32-30-8-6-4-2)35-59-47-45(58)43(56)46(39(34-51)61-47)62-48-44(57)42(55)41(54)38(33-50)60-48/h36-39,41-48,50-52,54-58H,3-35H2,1-2H3,(H,49,53). The van der Waals surface area contributed by atoms with Crippen LogP contribution in [0.15, 0.2) is 0 Å². The number of ether oxygens (including phenoxy) is 4. The van der Waals surface area contributed by atoms with Gasteiger partial charge in [0.05, 0.1) is 32.0 Å². The van der Waals surface area contributed by atoms with Crippen LogP contribution in [0.4, 0.5) is 0 Å². The van der Waals surface area contributed by atoms with Gasteiger partial charge in [-0.25, -0.2) is 0 Å². The number of aliphatic hydroxyl groups excluding tert-OH is 8. The van der Waals surface area contributed by atoms with E-state index in [0.717, 1.165) is 44.9 Å². The Balaban J connectivity index is 1.66. The summed E-state index contributed by atoms with van der Waals surface area (Å²) in [6, 6.07) is -0.818. The molecule has 2 rings (SSSR count). The highest BCUT2D eigenvalue weighted by molar-refractivity contribution is 5.76. The highest BCUT2D eigenvalue weighted by atomic mass is 16.7. The highest BCUT2D eigenvalue weighted by Crippen LogP contribution is 2.30. The molecule has 9 N–H and O–H groups in total. The molecule has 0 saturated carbocycles. The van der Waals surface area contributed by atoms with E-state index in [1.807, 2.05) is 0 Å². The number of aliphatic hydroxyl groups is 8. The molecule has 0 aliphatic carbocycles. The molecule has 12 unspecified atom stereocenters. The fraction of sp³-hybridized carbons (Fsp3) is 0.979. The molecule has 2 aliphatic rings. The Morgan fingerprint density at radius 1 is 0.516 bits per heavy atom. The van der Waals surface area contributed by atoms with E-state index in [9.17, 15) is 45.6 Å². The minimum Gasteiger partial charge on any atom is -0.394 e. The van der Waals surface area contributed by atoms with E-state index in [0.29, 0.717) is 19.3 Å². The fourth-order valence-corrected chi connectivity index (χ4v) is 8.65. The summed E-state index contributed by atoms with van der Waals surface area (Å²) in [6.07, 6.45) is 19.1. The van der Waals surface area contributed by atoms with Crippen LogP contribution < -0.4 is 5.32 Å². The Labute approximate surface area is 374 Å². The summed E-state index contributed by atoms with van der Waals surface area (Å²) in [6.45, 7) is 2.73. The summed E-state index contributed by atoms with van der Waals surface area (Å²) in [5.41, 5.74) is 0. The average molecular weight is 892 g/mol. The first-order chi connectivity index (χ1) is 30.1. The quantitative estimate of drug-likeness (QED) is 0.0313. The van der Waals surface area contributed by atoms with Crippen LogP contribution in [0.3, 0.4) is 0 Å². The number of nitrogens with one attached hydrogen (secondary N) is 1. The number of amides is 1. The van der Waals surface area contributed by atoms with Crippen LogP contribution in [0.2, 0.25) is 0 Å². The predicted molar refractivity (Wildman–Crippen MR) is 240 cm³/mol. The number of hydrogen-bond donors (Lipinski definition) is 9. The lowest BCUT2D eigenvalue weighted by molar-refractivity contribution is -0.359. The zero-order valence-electron chi connectivity index (χ0n) is 38.9. The SMILES string of the molecule is CCCCCCCCCCCCCCCCCCCCCCCCCCC(O)C(COC1OC(CO)C(OC2OC(CO)C(O)C(O)C2O)C(O)C1O)NC(=O)CCCCCC.